The van der Waals surface area contributed by atoms with Gasteiger partial charge in [-0.1, -0.05) is 24.3 Å². The van der Waals surface area contributed by atoms with Crippen LogP contribution in [0.2, 0.25) is 0 Å². The van der Waals surface area contributed by atoms with Gasteiger partial charge in [0.25, 0.3) is 0 Å². The van der Waals surface area contributed by atoms with Gasteiger partial charge in [0.2, 0.25) is 0 Å². The van der Waals surface area contributed by atoms with Gasteiger partial charge in [0.05, 0.1) is 0 Å². The molecule has 0 atom stereocenters. The zero-order chi connectivity index (χ0) is 8.69. The molecule has 0 unspecified atom stereocenters. The molecule has 0 N–H and O–H groups in total. The van der Waals surface area contributed by atoms with Crippen molar-refractivity contribution in [2.75, 3.05) is 13.3 Å². The van der Waals surface area contributed by atoms with Gasteiger partial charge in [-0.25, -0.2) is 4.99 Å². The predicted octanol–water partition coefficient (Wildman–Crippen LogP) is 1.60. The van der Waals surface area contributed by atoms with Gasteiger partial charge in [0.1, 0.15) is 5.71 Å². The molecule has 0 saturated heterocycles. The molecule has 3 heteroatoms. The van der Waals surface area contributed by atoms with Crippen LogP contribution in [0.3, 0.4) is 0 Å². The second-order valence-electron chi connectivity index (χ2n) is 1.56. The van der Waals surface area contributed by atoms with Crippen LogP contribution in [0.25, 0.3) is 0 Å². The molecule has 0 aliphatic carbocycles. The second-order valence-corrected chi connectivity index (χ2v) is 2.33. The van der Waals surface area contributed by atoms with E-state index in [2.05, 4.69) is 22.5 Å². The Labute approximate surface area is 71.5 Å². The maximum Gasteiger partial charge on any atom is 0.183 e. The molecule has 0 fully saturated rings. The third-order valence-electron chi connectivity index (χ3n) is 0.931. The Bertz CT molecular complexity index is 233. The first-order chi connectivity index (χ1) is 5.28. The molecule has 0 amide bonds. The van der Waals surface area contributed by atoms with Crippen LogP contribution in [0.1, 0.15) is 0 Å². The largest absolute Gasteiger partial charge is 0.264 e. The first-order valence-electron chi connectivity index (χ1n) is 2.97. The number of hydrogen-bond donors (Lipinski definition) is 0. The van der Waals surface area contributed by atoms with Gasteiger partial charge in [0, 0.05) is 7.05 Å². The molecule has 2 nitrogen and oxygen atoms in total. The molecule has 0 aliphatic rings. The van der Waals surface area contributed by atoms with Gasteiger partial charge >= 0.3 is 0 Å². The van der Waals surface area contributed by atoms with Gasteiger partial charge < -0.3 is 0 Å². The molecular weight excluding hydrogens is 156 g/mol. The molecule has 0 aromatic heterocycles. The van der Waals surface area contributed by atoms with E-state index in [1.807, 2.05) is 6.26 Å². The highest BCUT2D eigenvalue weighted by molar-refractivity contribution is 8.13. The quantitative estimate of drug-likeness (QED) is 0.330. The summed E-state index contributed by atoms with van der Waals surface area (Å²) in [6, 6.07) is 0. The van der Waals surface area contributed by atoms with Gasteiger partial charge in [-0.3, -0.25) is 4.99 Å². The monoisotopic (exact) mass is 166 g/mol. The summed E-state index contributed by atoms with van der Waals surface area (Å²) >= 11 is 1.45. The van der Waals surface area contributed by atoms with Crippen molar-refractivity contribution in [1.29, 1.82) is 0 Å². The molecule has 0 radical (unpaired) electrons. The predicted molar refractivity (Wildman–Crippen MR) is 53.3 cm³/mol. The van der Waals surface area contributed by atoms with E-state index < -0.39 is 0 Å². The van der Waals surface area contributed by atoms with E-state index in [0.717, 1.165) is 0 Å². The van der Waals surface area contributed by atoms with Crippen LogP contribution in [-0.2, 0) is 0 Å². The Morgan fingerprint density at radius 2 is 2.36 bits per heavy atom. The standard InChI is InChI=1S/C8H10N2S/c1-5-7(6-2)10-8(9-3)11-4/h1,6H,2H2,3-4H3/b9-8?,10-7-. The zero-order valence-corrected chi connectivity index (χ0v) is 7.48. The fourth-order valence-electron chi connectivity index (χ4n) is 0.427. The second kappa shape index (κ2) is 5.75. The number of rotatable bonds is 1. The molecule has 0 spiro atoms. The van der Waals surface area contributed by atoms with Crippen LogP contribution in [0.5, 0.6) is 0 Å². The number of terminal acetylenes is 1. The number of allylic oxidation sites excluding steroid dienone is 1. The lowest BCUT2D eigenvalue weighted by molar-refractivity contribution is 1.44. The molecule has 0 rings (SSSR count). The minimum Gasteiger partial charge on any atom is -0.264 e. The first-order valence-corrected chi connectivity index (χ1v) is 4.19. The summed E-state index contributed by atoms with van der Waals surface area (Å²) in [6.07, 6.45) is 8.55. The molecule has 11 heavy (non-hydrogen) atoms. The van der Waals surface area contributed by atoms with Crippen LogP contribution >= 0.6 is 11.8 Å². The molecule has 0 saturated carbocycles. The summed E-state index contributed by atoms with van der Waals surface area (Å²) in [5, 5.41) is 0.665. The van der Waals surface area contributed by atoms with Gasteiger partial charge in [-0.15, -0.1) is 6.42 Å². The summed E-state index contributed by atoms with van der Waals surface area (Å²) < 4.78 is 0. The zero-order valence-electron chi connectivity index (χ0n) is 6.66. The number of thioether (sulfide) groups is 1. The van der Waals surface area contributed by atoms with Gasteiger partial charge in [-0.05, 0) is 12.3 Å². The van der Waals surface area contributed by atoms with Crippen molar-refractivity contribution in [3.8, 4) is 12.3 Å². The van der Waals surface area contributed by atoms with E-state index in [9.17, 15) is 0 Å². The minimum absolute atomic E-state index is 0.514. The summed E-state index contributed by atoms with van der Waals surface area (Å²) in [5.41, 5.74) is 0.514. The van der Waals surface area contributed by atoms with Crippen molar-refractivity contribution >= 4 is 22.6 Å². The fourth-order valence-corrected chi connectivity index (χ4v) is 0.799. The summed E-state index contributed by atoms with van der Waals surface area (Å²) in [6.45, 7) is 3.52. The van der Waals surface area contributed by atoms with E-state index in [-0.39, 0.29) is 0 Å². The van der Waals surface area contributed by atoms with Crippen molar-refractivity contribution in [2.45, 2.75) is 0 Å². The van der Waals surface area contributed by atoms with Crippen molar-refractivity contribution in [1.82, 2.24) is 0 Å². The Balaban J connectivity index is 4.52. The van der Waals surface area contributed by atoms with E-state index in [4.69, 9.17) is 6.42 Å². The van der Waals surface area contributed by atoms with Gasteiger partial charge in [-0.2, -0.15) is 0 Å². The summed E-state index contributed by atoms with van der Waals surface area (Å²) in [5.74, 6) is 2.39. The Kier molecular flexibility index (Phi) is 5.22. The highest BCUT2D eigenvalue weighted by Crippen LogP contribution is 1.99. The van der Waals surface area contributed by atoms with Gasteiger partial charge in [0.15, 0.2) is 5.17 Å². The molecule has 0 aliphatic heterocycles. The fraction of sp³-hybridized carbons (Fsp3) is 0.250. The lowest BCUT2D eigenvalue weighted by atomic mass is 10.4. The van der Waals surface area contributed by atoms with E-state index in [1.54, 1.807) is 7.05 Å². The normalized spacial score (nSPS) is 12.5. The third-order valence-corrected chi connectivity index (χ3v) is 1.57. The average molecular weight is 166 g/mol. The highest BCUT2D eigenvalue weighted by Gasteiger charge is 1.91. The smallest absolute Gasteiger partial charge is 0.183 e. The topological polar surface area (TPSA) is 24.7 Å². The Morgan fingerprint density at radius 1 is 1.73 bits per heavy atom. The van der Waals surface area contributed by atoms with Crippen LogP contribution in [0, 0.1) is 12.3 Å². The van der Waals surface area contributed by atoms with Crippen LogP contribution in [0.4, 0.5) is 0 Å². The lowest BCUT2D eigenvalue weighted by Crippen LogP contribution is -1.93. The number of amidine groups is 1. The van der Waals surface area contributed by atoms with Crippen LogP contribution in [-0.4, -0.2) is 24.2 Å². The van der Waals surface area contributed by atoms with Crippen molar-refractivity contribution < 1.29 is 0 Å². The molecule has 0 bridgehead atoms. The van der Waals surface area contributed by atoms with Crippen molar-refractivity contribution in [2.24, 2.45) is 9.98 Å². The van der Waals surface area contributed by atoms with Crippen molar-refractivity contribution in [3.05, 3.63) is 12.7 Å². The lowest BCUT2D eigenvalue weighted by Gasteiger charge is -1.92. The minimum atomic E-state index is 0.514. The Morgan fingerprint density at radius 3 is 2.64 bits per heavy atom. The number of hydrogen-bond acceptors (Lipinski definition) is 2. The van der Waals surface area contributed by atoms with Crippen LogP contribution < -0.4 is 0 Å². The summed E-state index contributed by atoms with van der Waals surface area (Å²) in [7, 11) is 1.67. The van der Waals surface area contributed by atoms with Crippen LogP contribution in [0.15, 0.2) is 22.6 Å². The molecule has 0 aromatic carbocycles. The first kappa shape index (κ1) is 9.99. The Hall–Kier alpha value is -1.01. The third kappa shape index (κ3) is 3.64. The number of aliphatic imine (C=N–C) groups is 2. The van der Waals surface area contributed by atoms with E-state index in [1.165, 1.54) is 17.8 Å². The molecular formula is C8H10N2S. The average Bonchev–Trinajstić information content (AvgIpc) is 2.07. The SMILES string of the molecule is C#C/C(C=C)=N/C(=NC)SC. The van der Waals surface area contributed by atoms with E-state index in [0.29, 0.717) is 10.9 Å². The summed E-state index contributed by atoms with van der Waals surface area (Å²) in [4.78, 5) is 7.92. The maximum absolute atomic E-state index is 5.12. The molecule has 58 valence electrons. The molecule has 0 heterocycles. The van der Waals surface area contributed by atoms with E-state index >= 15 is 0 Å². The molecule has 0 aromatic rings. The van der Waals surface area contributed by atoms with Crippen molar-refractivity contribution in [3.63, 3.8) is 0 Å². The highest BCUT2D eigenvalue weighted by atomic mass is 32.2. The number of nitrogens with zero attached hydrogens (tertiary/aromatic N) is 2. The maximum atomic E-state index is 5.12.